The van der Waals surface area contributed by atoms with Crippen molar-refractivity contribution < 1.29 is 0 Å². The molecule has 0 aliphatic rings. The van der Waals surface area contributed by atoms with Crippen LogP contribution >= 0.6 is 356 Å². The van der Waals surface area contributed by atoms with Crippen molar-refractivity contribution in [1.82, 2.24) is 0 Å². The van der Waals surface area contributed by atoms with E-state index in [1.807, 2.05) is 0 Å². The van der Waals surface area contributed by atoms with Crippen LogP contribution in [0.3, 0.4) is 0 Å². The van der Waals surface area contributed by atoms with Crippen LogP contribution < -0.4 is 0 Å². The zero-order valence-corrected chi connectivity index (χ0v) is 121. The van der Waals surface area contributed by atoms with Crippen molar-refractivity contribution in [3.8, 4) is 0 Å². The maximum absolute atomic E-state index is 3.21. The van der Waals surface area contributed by atoms with Crippen LogP contribution in [0.4, 0.5) is 0 Å². The summed E-state index contributed by atoms with van der Waals surface area (Å²) in [4.78, 5) is 115. The van der Waals surface area contributed by atoms with E-state index in [0.717, 1.165) is 0 Å². The van der Waals surface area contributed by atoms with E-state index in [-0.39, 0.29) is 0 Å². The van der Waals surface area contributed by atoms with E-state index in [2.05, 4.69) is 182 Å². The van der Waals surface area contributed by atoms with Gasteiger partial charge in [0.1, 0.15) is 0 Å². The third-order valence-corrected chi connectivity index (χ3v) is 2550. The summed E-state index contributed by atoms with van der Waals surface area (Å²) in [5.74, 6) is 0. The van der Waals surface area contributed by atoms with Gasteiger partial charge in [-0.25, -0.2) is 0 Å². The number of halogens is 33. The Bertz CT molecular complexity index is 4260. The van der Waals surface area contributed by atoms with Crippen molar-refractivity contribution >= 4 is 356 Å². The van der Waals surface area contributed by atoms with E-state index in [9.17, 15) is 0 Å². The van der Waals surface area contributed by atoms with Crippen molar-refractivity contribution in [1.29, 1.82) is 0 Å². The molecular weight excluding hydrogens is 4630 g/mol. The summed E-state index contributed by atoms with van der Waals surface area (Å²) in [6.45, 7) is 0. The standard InChI is InChI=1S/C37H111I33/c1-38(39(2)41(4)43(6)45(8)47(10)49(12)51(14)53(16)55(18)57(20)59(22)61(24)63(26)65(28)67(30)69(32,33)34)40(3)42(5)44(7)46(9)48(11)50(13)52(15)54(17)56(19)58(21)60(23)62(25)64(27)66(29)68(31)70(35,36)37/h1-37H3. The Morgan fingerprint density at radius 2 is 0.171 bits per heavy atom. The van der Waals surface area contributed by atoms with Gasteiger partial charge in [-0.1, -0.05) is 74.2 Å². The van der Waals surface area contributed by atoms with Gasteiger partial charge in [0, 0.05) is 0 Å². The molecule has 490 valence electrons. The summed E-state index contributed by atoms with van der Waals surface area (Å²) < 4.78 is 0. The minimum absolute atomic E-state index is 0.457. The summed E-state index contributed by atoms with van der Waals surface area (Å²) in [6, 6.07) is 0. The third kappa shape index (κ3) is 31.4. The van der Waals surface area contributed by atoms with Crippen LogP contribution in [-0.4, -0.2) is 182 Å². The molecule has 0 atom stereocenters. The van der Waals surface area contributed by atoms with E-state index in [1.54, 1.807) is 0 Å². The number of rotatable bonds is 0. The maximum atomic E-state index is 3.21. The fraction of sp³-hybridized carbons (Fsp3) is 1.00. The zero-order valence-electron chi connectivity index (χ0n) is 49.5. The Morgan fingerprint density at radius 1 is 0.114 bits per heavy atom. The normalized spacial score (nSPS) is 27.3. The summed E-state index contributed by atoms with van der Waals surface area (Å²) in [5, 5.41) is 0. The Kier molecular flexibility index (Phi) is 63.7. The molecule has 0 radical (unpaired) electrons. The number of alkyl halides is 37. The third-order valence-electron chi connectivity index (χ3n) is 9.32. The van der Waals surface area contributed by atoms with E-state index < -0.39 is 356 Å². The molecule has 0 unspecified atom stereocenters. The average Bonchev–Trinajstić information content (AvgIpc) is 3.32. The van der Waals surface area contributed by atoms with E-state index in [4.69, 9.17) is 0 Å². The van der Waals surface area contributed by atoms with Crippen LogP contribution in [0.1, 0.15) is 0 Å². The van der Waals surface area contributed by atoms with Gasteiger partial charge in [0.15, 0.2) is 0 Å². The fourth-order valence-electron chi connectivity index (χ4n) is 3.42. The Labute approximate surface area is 510 Å². The van der Waals surface area contributed by atoms with Crippen molar-refractivity contribution in [3.63, 3.8) is 0 Å². The molecule has 0 aliphatic heterocycles. The van der Waals surface area contributed by atoms with E-state index >= 15 is 0 Å². The first-order chi connectivity index (χ1) is 31.5. The Morgan fingerprint density at radius 3 is 0.229 bits per heavy atom. The summed E-state index contributed by atoms with van der Waals surface area (Å²) in [7, 11) is -15.2. The second kappa shape index (κ2) is 47.4. The molecule has 0 N–H and O–H groups in total. The summed E-state index contributed by atoms with van der Waals surface area (Å²) in [5.41, 5.74) is 0. The number of hydrogen-bond acceptors (Lipinski definition) is 0. The minimum atomic E-state index is -1.22. The molecule has 0 fully saturated rings. The van der Waals surface area contributed by atoms with Crippen molar-refractivity contribution in [2.45, 2.75) is 0 Å². The van der Waals surface area contributed by atoms with Crippen LogP contribution in [0.2, 0.25) is 0 Å². The molecule has 0 nitrogen and oxygen atoms in total. The second-order valence-corrected chi connectivity index (χ2v) is 958. The number of hydrogen-bond donors (Lipinski definition) is 0. The average molecular weight is 4740 g/mol. The SMILES string of the molecule is C/I(=I(\C)=I(\C)=I(\C)=I(\C)=I(\C)=I(\C)=I(\C)=I(\C)=I(\C)=I(\C)=I(\C)=I(\C)=I(\C)=I(\C)=I(\C)=I(\C)=I(\C)=I(\C)=I(\C)=I(\C)=I(\C)=I(\C)=I(\C)=I(\C)=I(\C)=I(\C)=I(\C)=I(\C)=I(\C)=I(\C)=I(C)(C)C)=I(C)(C)C. The van der Waals surface area contributed by atoms with Crippen LogP contribution in [-0.2, 0) is 0 Å². The molecule has 0 saturated carbocycles. The van der Waals surface area contributed by atoms with Crippen LogP contribution in [0.5, 0.6) is 0 Å². The van der Waals surface area contributed by atoms with Gasteiger partial charge in [0.2, 0.25) is 0 Å². The van der Waals surface area contributed by atoms with Crippen molar-refractivity contribution in [2.75, 3.05) is 182 Å². The van der Waals surface area contributed by atoms with E-state index in [0.29, 0.717) is 0 Å². The first-order valence-electron chi connectivity index (χ1n) is 18.6. The molecule has 0 rings (SSSR count). The first-order valence-corrected chi connectivity index (χ1v) is 300. The van der Waals surface area contributed by atoms with Gasteiger partial charge in [-0.2, -0.15) is 0 Å². The molecule has 0 aliphatic carbocycles. The first kappa shape index (κ1) is 94.1. The van der Waals surface area contributed by atoms with Gasteiger partial charge in [-0.05, 0) is 44.4 Å². The predicted octanol–water partition coefficient (Wildman–Crippen LogP) is 35.4. The van der Waals surface area contributed by atoms with Gasteiger partial charge in [-0.15, -0.1) is 0 Å². The molecular formula is C37H111I33. The molecule has 0 spiro atoms. The van der Waals surface area contributed by atoms with Crippen LogP contribution in [0.15, 0.2) is 0 Å². The monoisotopic (exact) mass is 4740 g/mol. The molecule has 0 amide bonds. The van der Waals surface area contributed by atoms with E-state index in [1.165, 1.54) is 0 Å². The molecule has 0 bridgehead atoms. The summed E-state index contributed by atoms with van der Waals surface area (Å²) >= 11 is -2.44. The second-order valence-electron chi connectivity index (χ2n) is 13.7. The molecule has 0 heterocycles. The Hall–Kier alpha value is 24.1. The van der Waals surface area contributed by atoms with Crippen molar-refractivity contribution in [2.24, 2.45) is 0 Å². The molecule has 0 aromatic rings. The zero-order chi connectivity index (χ0) is 55.9. The Balaban J connectivity index is 10.8. The molecule has 70 heavy (non-hydrogen) atoms. The van der Waals surface area contributed by atoms with Gasteiger partial charge in [-0.3, -0.25) is 0 Å². The van der Waals surface area contributed by atoms with Crippen LogP contribution in [0.25, 0.3) is 0 Å². The molecule has 0 aromatic heterocycles. The van der Waals surface area contributed by atoms with Gasteiger partial charge in [0.25, 0.3) is 0 Å². The van der Waals surface area contributed by atoms with Crippen LogP contribution in [0, 0.1) is 0 Å². The summed E-state index contributed by atoms with van der Waals surface area (Å²) in [6.07, 6.45) is 0. The quantitative estimate of drug-likeness (QED) is 0.168. The van der Waals surface area contributed by atoms with Crippen molar-refractivity contribution in [3.05, 3.63) is 0 Å². The molecule has 33 heteroatoms. The molecule has 0 saturated heterocycles. The topological polar surface area (TPSA) is 0 Å². The van der Waals surface area contributed by atoms with Gasteiger partial charge in [0.05, 0.1) is 0 Å². The molecule has 0 aromatic carbocycles. The van der Waals surface area contributed by atoms with Gasteiger partial charge < -0.3 is 0 Å². The fourth-order valence-corrected chi connectivity index (χ4v) is 6250. The predicted molar refractivity (Wildman–Crippen MR) is 682 cm³/mol. The van der Waals surface area contributed by atoms with Gasteiger partial charge >= 0.3 is 420 Å².